The Kier molecular flexibility index (Phi) is 11.4. The fourth-order valence-corrected chi connectivity index (χ4v) is 12.4. The largest absolute Gasteiger partial charge is 0.495 e. The first-order chi connectivity index (χ1) is 20.0. The number of hydrogen-bond acceptors (Lipinski definition) is 4. The molecule has 2 aromatic rings. The second kappa shape index (κ2) is 14.4. The summed E-state index contributed by atoms with van der Waals surface area (Å²) in [5.41, 5.74) is 0.878. The van der Waals surface area contributed by atoms with Gasteiger partial charge in [-0.25, -0.2) is 13.2 Å². The van der Waals surface area contributed by atoms with Gasteiger partial charge >= 0.3 is 0 Å². The van der Waals surface area contributed by atoms with Crippen LogP contribution in [0.15, 0.2) is 52.1 Å². The summed E-state index contributed by atoms with van der Waals surface area (Å²) in [4.78, 5) is 0.0393. The van der Waals surface area contributed by atoms with Gasteiger partial charge in [-0.2, -0.15) is 0 Å². The van der Waals surface area contributed by atoms with Gasteiger partial charge in [0.25, 0.3) is 10.0 Å². The summed E-state index contributed by atoms with van der Waals surface area (Å²) in [6.07, 6.45) is 9.69. The van der Waals surface area contributed by atoms with Gasteiger partial charge in [0.1, 0.15) is 13.1 Å². The average molecular weight is 654 g/mol. The zero-order valence-corrected chi connectivity index (χ0v) is 28.5. The maximum atomic E-state index is 13.2. The Labute approximate surface area is 262 Å². The van der Waals surface area contributed by atoms with E-state index in [2.05, 4.69) is 40.2 Å². The van der Waals surface area contributed by atoms with Crippen molar-refractivity contribution < 1.29 is 13.2 Å². The second-order valence-corrected chi connectivity index (χ2v) is 18.2. The number of benzene rings is 2. The van der Waals surface area contributed by atoms with Gasteiger partial charge in [0, 0.05) is 31.3 Å². The van der Waals surface area contributed by atoms with Crippen LogP contribution in [-0.4, -0.2) is 61.3 Å². The van der Waals surface area contributed by atoms with E-state index in [4.69, 9.17) is 33.3 Å². The highest BCUT2D eigenvalue weighted by atomic mass is 35.5. The summed E-state index contributed by atoms with van der Waals surface area (Å²) in [5.74, 6) is 0.428. The van der Waals surface area contributed by atoms with Gasteiger partial charge in [0.2, 0.25) is 0 Å². The van der Waals surface area contributed by atoms with Crippen LogP contribution in [0.3, 0.4) is 0 Å². The molecule has 8 nitrogen and oxygen atoms in total. The molecule has 42 heavy (non-hydrogen) atoms. The fraction of sp³-hybridized carbons (Fsp3) is 0.567. The number of thiocarbonyl (C=S) groups is 1. The molecule has 0 bridgehead atoms. The van der Waals surface area contributed by atoms with E-state index in [-0.39, 0.29) is 15.1 Å². The van der Waals surface area contributed by atoms with Crippen LogP contribution in [0, 0.1) is 0 Å². The molecule has 0 unspecified atom stereocenters. The number of sulfonamides is 1. The monoisotopic (exact) mass is 653 g/mol. The van der Waals surface area contributed by atoms with Crippen molar-refractivity contribution in [1.29, 1.82) is 0 Å². The Morgan fingerprint density at radius 3 is 1.95 bits per heavy atom. The number of rotatable bonds is 7. The smallest absolute Gasteiger partial charge is 0.262 e. The van der Waals surface area contributed by atoms with Crippen molar-refractivity contribution in [3.05, 3.63) is 47.5 Å². The molecule has 12 heteroatoms. The number of ether oxygens (including phenoxy) is 1. The number of halogens is 1. The molecule has 0 radical (unpaired) electrons. The minimum atomic E-state index is -3.90. The summed E-state index contributed by atoms with van der Waals surface area (Å²) in [6, 6.07) is 11.5. The lowest BCUT2D eigenvalue weighted by molar-refractivity contribution is 0.368. The zero-order valence-electron chi connectivity index (χ0n) is 25.2. The van der Waals surface area contributed by atoms with Crippen molar-refractivity contribution in [1.82, 2.24) is 9.34 Å². The summed E-state index contributed by atoms with van der Waals surface area (Å²) >= 11 is 12.6. The number of anilines is 2. The number of hydrogen-bond donors (Lipinski definition) is 2. The molecule has 0 amide bonds. The Morgan fingerprint density at radius 2 is 1.45 bits per heavy atom. The van der Waals surface area contributed by atoms with Crippen molar-refractivity contribution in [3.8, 4) is 5.75 Å². The third kappa shape index (κ3) is 7.69. The highest BCUT2D eigenvalue weighted by Crippen LogP contribution is 2.67. The first kappa shape index (κ1) is 33.2. The lowest BCUT2D eigenvalue weighted by atomic mass is 10.2. The Balaban J connectivity index is 1.66. The Morgan fingerprint density at radius 1 is 0.905 bits per heavy atom. The summed E-state index contributed by atoms with van der Waals surface area (Å²) < 4.78 is 45.0. The van der Waals surface area contributed by atoms with Crippen molar-refractivity contribution in [2.75, 3.05) is 43.3 Å². The molecule has 232 valence electrons. The van der Waals surface area contributed by atoms with Gasteiger partial charge in [-0.3, -0.25) is 14.1 Å². The standard InChI is InChI=1S/C30H45ClN5O3PS2/c1-30(2,3)40(35-19-11-5-6-12-20-35,36-21-13-7-8-14-22-36)33-29(41)32-26-18-17-24(23-25(26)31)42(37,38)34-27-15-9-10-16-28(27)39-4/h9-10,15-18,23,34H,5-8,11-14,19-22H2,1-4H3,(H,32,41). The van der Waals surface area contributed by atoms with Crippen LogP contribution in [-0.2, 0) is 10.0 Å². The van der Waals surface area contributed by atoms with Crippen molar-refractivity contribution in [2.45, 2.75) is 82.2 Å². The molecule has 0 aliphatic carbocycles. The predicted molar refractivity (Wildman–Crippen MR) is 181 cm³/mol. The van der Waals surface area contributed by atoms with Crippen LogP contribution in [0.25, 0.3) is 0 Å². The normalized spacial score (nSPS) is 18.0. The average Bonchev–Trinajstić information content (AvgIpc) is 3.38. The Bertz CT molecular complexity index is 1370. The lowest BCUT2D eigenvalue weighted by Gasteiger charge is -2.50. The highest BCUT2D eigenvalue weighted by Gasteiger charge is 2.44. The van der Waals surface area contributed by atoms with Gasteiger partial charge in [-0.1, -0.05) is 70.2 Å². The summed E-state index contributed by atoms with van der Waals surface area (Å²) in [6.45, 7) is 11.0. The highest BCUT2D eigenvalue weighted by molar-refractivity contribution is 7.92. The molecule has 2 saturated heterocycles. The molecular formula is C30H45ClN5O3PS2. The molecule has 0 spiro atoms. The number of para-hydroxylation sites is 2. The van der Waals surface area contributed by atoms with Gasteiger partial charge in [0.05, 0.1) is 28.4 Å². The molecule has 2 aromatic carbocycles. The van der Waals surface area contributed by atoms with Gasteiger partial charge < -0.3 is 10.1 Å². The van der Waals surface area contributed by atoms with E-state index in [1.54, 1.807) is 30.3 Å². The molecule has 2 fully saturated rings. The van der Waals surface area contributed by atoms with Gasteiger partial charge in [-0.05, 0) is 68.2 Å². The number of methoxy groups -OCH3 is 1. The number of nitrogens with zero attached hydrogens (tertiary/aromatic N) is 3. The Hall–Kier alpha value is -1.68. The maximum Gasteiger partial charge on any atom is 0.262 e. The van der Waals surface area contributed by atoms with Gasteiger partial charge in [-0.15, -0.1) is 0 Å². The van der Waals surface area contributed by atoms with Crippen LogP contribution in [0.5, 0.6) is 5.75 Å². The van der Waals surface area contributed by atoms with Gasteiger partial charge in [0.15, 0.2) is 5.11 Å². The van der Waals surface area contributed by atoms with E-state index in [1.165, 1.54) is 70.6 Å². The van der Waals surface area contributed by atoms with E-state index in [1.807, 2.05) is 0 Å². The number of nitrogens with one attached hydrogen (secondary N) is 2. The van der Waals surface area contributed by atoms with Crippen LogP contribution in [0.2, 0.25) is 5.02 Å². The van der Waals surface area contributed by atoms with Crippen molar-refractivity contribution in [2.24, 2.45) is 4.74 Å². The molecule has 2 N–H and O–H groups in total. The van der Waals surface area contributed by atoms with E-state index in [9.17, 15) is 8.42 Å². The summed E-state index contributed by atoms with van der Waals surface area (Å²) in [5, 5.41) is 3.79. The van der Waals surface area contributed by atoms with Crippen LogP contribution >= 0.6 is 31.2 Å². The van der Waals surface area contributed by atoms with Crippen molar-refractivity contribution >= 4 is 57.7 Å². The molecule has 0 saturated carbocycles. The van der Waals surface area contributed by atoms with E-state index < -0.39 is 17.4 Å². The second-order valence-electron chi connectivity index (χ2n) is 12.0. The van der Waals surface area contributed by atoms with E-state index in [0.29, 0.717) is 22.2 Å². The molecule has 2 aliphatic heterocycles. The minimum absolute atomic E-state index is 0.0393. The predicted octanol–water partition coefficient (Wildman–Crippen LogP) is 8.43. The van der Waals surface area contributed by atoms with Crippen LogP contribution < -0.4 is 14.8 Å². The SMILES string of the molecule is COc1ccccc1NS(=O)(=O)c1ccc(NC(=S)N=P(N2CCCCCC2)(N2CCCCCC2)C(C)(C)C)c(Cl)c1. The third-order valence-electron chi connectivity index (χ3n) is 7.93. The maximum absolute atomic E-state index is 13.2. The summed E-state index contributed by atoms with van der Waals surface area (Å²) in [7, 11) is -4.66. The molecule has 0 aromatic heterocycles. The fourth-order valence-electron chi connectivity index (χ4n) is 5.93. The van der Waals surface area contributed by atoms with E-state index >= 15 is 0 Å². The first-order valence-electron chi connectivity index (χ1n) is 14.9. The van der Waals surface area contributed by atoms with Crippen molar-refractivity contribution in [3.63, 3.8) is 0 Å². The first-order valence-corrected chi connectivity index (χ1v) is 18.8. The van der Waals surface area contributed by atoms with Crippen LogP contribution in [0.4, 0.5) is 11.4 Å². The molecule has 2 heterocycles. The quantitative estimate of drug-likeness (QED) is 0.229. The van der Waals surface area contributed by atoms with E-state index in [0.717, 1.165) is 26.2 Å². The minimum Gasteiger partial charge on any atom is -0.495 e. The third-order valence-corrected chi connectivity index (χ3v) is 14.6. The molecular weight excluding hydrogens is 609 g/mol. The molecule has 0 atom stereocenters. The molecule has 2 aliphatic rings. The topological polar surface area (TPSA) is 86.3 Å². The zero-order chi connectivity index (χ0) is 30.4. The van der Waals surface area contributed by atoms with Crippen LogP contribution in [0.1, 0.15) is 72.1 Å². The molecule has 4 rings (SSSR count). The lowest BCUT2D eigenvalue weighted by Crippen LogP contribution is -2.42.